The first kappa shape index (κ1) is 28.0. The largest absolute Gasteiger partial charge is 0.338 e. The van der Waals surface area contributed by atoms with Crippen molar-refractivity contribution in [2.75, 3.05) is 18.4 Å². The number of rotatable bonds is 7. The third kappa shape index (κ3) is 6.34. The van der Waals surface area contributed by atoms with Crippen LogP contribution in [-0.2, 0) is 18.5 Å². The number of alkyl halides is 1. The fourth-order valence-corrected chi connectivity index (χ4v) is 5.05. The number of piperidine rings is 1. The van der Waals surface area contributed by atoms with Gasteiger partial charge in [0, 0.05) is 49.1 Å². The normalized spacial score (nSPS) is 14.6. The molecule has 202 valence electrons. The summed E-state index contributed by atoms with van der Waals surface area (Å²) in [5.74, 6) is 0.0286. The fourth-order valence-electron chi connectivity index (χ4n) is 5.05. The highest BCUT2D eigenvalue weighted by molar-refractivity contribution is 6.05. The van der Waals surface area contributed by atoms with Gasteiger partial charge in [0.25, 0.3) is 11.8 Å². The molecule has 1 aromatic heterocycles. The summed E-state index contributed by atoms with van der Waals surface area (Å²) in [6.07, 6.45) is 3.45. The zero-order chi connectivity index (χ0) is 28.2. The van der Waals surface area contributed by atoms with E-state index < -0.39 is 5.67 Å². The smallest absolute Gasteiger partial charge is 0.257 e. The van der Waals surface area contributed by atoms with Gasteiger partial charge in [0.1, 0.15) is 5.67 Å². The Balaban J connectivity index is 1.49. The fraction of sp³-hybridized carbons (Fsp3) is 0.375. The molecule has 3 aromatic rings. The maximum Gasteiger partial charge on any atom is 0.257 e. The van der Waals surface area contributed by atoms with Gasteiger partial charge in [-0.15, -0.1) is 0 Å². The lowest BCUT2D eigenvalue weighted by Gasteiger charge is -2.37. The van der Waals surface area contributed by atoms with E-state index in [2.05, 4.69) is 30.2 Å². The van der Waals surface area contributed by atoms with Crippen LogP contribution in [0.3, 0.4) is 0 Å². The van der Waals surface area contributed by atoms with Gasteiger partial charge < -0.3 is 10.2 Å². The number of anilines is 1. The molecule has 6 nitrogen and oxygen atoms in total. The van der Waals surface area contributed by atoms with E-state index in [1.54, 1.807) is 47.5 Å². The Bertz CT molecular complexity index is 1380. The number of benzene rings is 2. The minimum absolute atomic E-state index is 0.163. The van der Waals surface area contributed by atoms with E-state index in [0.717, 1.165) is 23.2 Å². The molecule has 1 saturated heterocycles. The van der Waals surface area contributed by atoms with E-state index in [-0.39, 0.29) is 37.7 Å². The summed E-state index contributed by atoms with van der Waals surface area (Å²) in [5.41, 5.74) is 3.73. The van der Waals surface area contributed by atoms with Crippen LogP contribution in [0.4, 0.5) is 10.1 Å². The lowest BCUT2D eigenvalue weighted by molar-refractivity contribution is 0.0420. The molecule has 2 heterocycles. The van der Waals surface area contributed by atoms with Crippen LogP contribution in [0.2, 0.25) is 0 Å². The summed E-state index contributed by atoms with van der Waals surface area (Å²) >= 11 is 0. The van der Waals surface area contributed by atoms with E-state index >= 15 is 4.39 Å². The number of nitriles is 1. The van der Waals surface area contributed by atoms with Crippen LogP contribution >= 0.6 is 0 Å². The van der Waals surface area contributed by atoms with E-state index in [9.17, 15) is 9.59 Å². The number of pyridine rings is 1. The Kier molecular flexibility index (Phi) is 8.44. The molecule has 2 amide bonds. The van der Waals surface area contributed by atoms with Gasteiger partial charge in [-0.2, -0.15) is 5.26 Å². The number of aromatic nitrogens is 1. The number of amides is 2. The summed E-state index contributed by atoms with van der Waals surface area (Å²) < 4.78 is 15.8. The first-order valence-corrected chi connectivity index (χ1v) is 13.5. The minimum atomic E-state index is -1.54. The van der Waals surface area contributed by atoms with Gasteiger partial charge in [0.15, 0.2) is 0 Å². The summed E-state index contributed by atoms with van der Waals surface area (Å²) in [6, 6.07) is 15.9. The molecule has 0 atom stereocenters. The van der Waals surface area contributed by atoms with Crippen molar-refractivity contribution in [2.24, 2.45) is 5.92 Å². The number of carbonyl (C=O) groups excluding carboxylic acids is 2. The molecule has 0 spiro atoms. The Hall–Kier alpha value is -4.05. The molecule has 0 radical (unpaired) electrons. The SMILES string of the molecule is CCc1cc(C)c(NC(=O)c2ccc(CC(C)C)nc2)cc1C(=O)N1CCC(F)(c2ccc(C#N)cc2)CC1. The molecule has 1 aliphatic heterocycles. The topological polar surface area (TPSA) is 86.1 Å². The van der Waals surface area contributed by atoms with E-state index in [0.29, 0.717) is 40.3 Å². The summed E-state index contributed by atoms with van der Waals surface area (Å²) in [7, 11) is 0. The third-order valence-corrected chi connectivity index (χ3v) is 7.39. The molecule has 1 aliphatic rings. The van der Waals surface area contributed by atoms with E-state index in [1.165, 1.54) is 0 Å². The number of nitrogens with one attached hydrogen (secondary N) is 1. The van der Waals surface area contributed by atoms with Crippen molar-refractivity contribution < 1.29 is 14.0 Å². The number of likely N-dealkylation sites (tertiary alicyclic amines) is 1. The van der Waals surface area contributed by atoms with Crippen LogP contribution in [0.1, 0.15) is 82.3 Å². The molecule has 2 aromatic carbocycles. The van der Waals surface area contributed by atoms with Crippen LogP contribution in [0, 0.1) is 24.2 Å². The van der Waals surface area contributed by atoms with Crippen LogP contribution in [-0.4, -0.2) is 34.8 Å². The van der Waals surface area contributed by atoms with Gasteiger partial charge in [-0.1, -0.05) is 39.0 Å². The maximum atomic E-state index is 15.8. The minimum Gasteiger partial charge on any atom is -0.338 e. The van der Waals surface area contributed by atoms with Crippen LogP contribution in [0.15, 0.2) is 54.7 Å². The van der Waals surface area contributed by atoms with Crippen molar-refractivity contribution in [3.05, 3.63) is 93.8 Å². The molecule has 1 fully saturated rings. The maximum absolute atomic E-state index is 15.8. The molecule has 0 aliphatic carbocycles. The number of nitrogens with zero attached hydrogens (tertiary/aromatic N) is 3. The standard InChI is InChI=1S/C32H35FN4O2/c1-5-24-17-22(4)29(36-30(38)25-8-11-27(35-20-25)16-21(2)3)18-28(24)31(39)37-14-12-32(33,13-15-37)26-9-6-23(19-34)7-10-26/h6-11,17-18,20-21H,5,12-16H2,1-4H3,(H,36,38). The molecule has 4 rings (SSSR count). The van der Waals surface area contributed by atoms with Gasteiger partial charge in [0.05, 0.1) is 17.2 Å². The monoisotopic (exact) mass is 526 g/mol. The van der Waals surface area contributed by atoms with Gasteiger partial charge in [-0.05, 0) is 72.7 Å². The summed E-state index contributed by atoms with van der Waals surface area (Å²) in [6.45, 7) is 8.70. The van der Waals surface area contributed by atoms with E-state index in [1.807, 2.05) is 26.0 Å². The molecular formula is C32H35FN4O2. The first-order valence-electron chi connectivity index (χ1n) is 13.5. The van der Waals surface area contributed by atoms with Gasteiger partial charge in [0.2, 0.25) is 0 Å². The highest BCUT2D eigenvalue weighted by Crippen LogP contribution is 2.37. The number of hydrogen-bond acceptors (Lipinski definition) is 4. The van der Waals surface area contributed by atoms with Crippen molar-refractivity contribution in [3.63, 3.8) is 0 Å². The molecule has 0 bridgehead atoms. The predicted molar refractivity (Wildman–Crippen MR) is 150 cm³/mol. The van der Waals surface area contributed by atoms with Gasteiger partial charge in [-0.25, -0.2) is 4.39 Å². The second-order valence-corrected chi connectivity index (χ2v) is 10.7. The Labute approximate surface area is 229 Å². The van der Waals surface area contributed by atoms with Crippen LogP contribution in [0.5, 0.6) is 0 Å². The number of halogens is 1. The van der Waals surface area contributed by atoms with Crippen molar-refractivity contribution >= 4 is 17.5 Å². The summed E-state index contributed by atoms with van der Waals surface area (Å²) in [5, 5.41) is 12.0. The first-order chi connectivity index (χ1) is 18.6. The summed E-state index contributed by atoms with van der Waals surface area (Å²) in [4.78, 5) is 32.7. The zero-order valence-corrected chi connectivity index (χ0v) is 23.1. The van der Waals surface area contributed by atoms with Crippen LogP contribution in [0.25, 0.3) is 0 Å². The molecule has 0 unspecified atom stereocenters. The molecule has 7 heteroatoms. The Morgan fingerprint density at radius 3 is 2.38 bits per heavy atom. The van der Waals surface area contributed by atoms with Crippen molar-refractivity contribution in [3.8, 4) is 6.07 Å². The predicted octanol–water partition coefficient (Wildman–Crippen LogP) is 6.38. The molecule has 1 N–H and O–H groups in total. The number of carbonyl (C=O) groups is 2. The van der Waals surface area contributed by atoms with Gasteiger partial charge in [-0.3, -0.25) is 14.6 Å². The number of aryl methyl sites for hydroxylation is 2. The zero-order valence-electron chi connectivity index (χ0n) is 23.1. The second-order valence-electron chi connectivity index (χ2n) is 10.7. The van der Waals surface area contributed by atoms with Gasteiger partial charge >= 0.3 is 0 Å². The molecule has 39 heavy (non-hydrogen) atoms. The Morgan fingerprint density at radius 2 is 1.82 bits per heavy atom. The van der Waals surface area contributed by atoms with Crippen molar-refractivity contribution in [1.82, 2.24) is 9.88 Å². The highest BCUT2D eigenvalue weighted by atomic mass is 19.1. The molecule has 0 saturated carbocycles. The Morgan fingerprint density at radius 1 is 1.13 bits per heavy atom. The lowest BCUT2D eigenvalue weighted by Crippen LogP contribution is -2.43. The number of hydrogen-bond donors (Lipinski definition) is 1. The quantitative estimate of drug-likeness (QED) is 0.387. The third-order valence-electron chi connectivity index (χ3n) is 7.39. The second kappa shape index (κ2) is 11.8. The average molecular weight is 527 g/mol. The molecular weight excluding hydrogens is 491 g/mol. The van der Waals surface area contributed by atoms with E-state index in [4.69, 9.17) is 5.26 Å². The highest BCUT2D eigenvalue weighted by Gasteiger charge is 2.38. The van der Waals surface area contributed by atoms with Crippen molar-refractivity contribution in [1.29, 1.82) is 5.26 Å². The van der Waals surface area contributed by atoms with Crippen LogP contribution < -0.4 is 5.32 Å². The van der Waals surface area contributed by atoms with Crippen molar-refractivity contribution in [2.45, 2.75) is 59.0 Å². The lowest BCUT2D eigenvalue weighted by atomic mass is 9.85. The average Bonchev–Trinajstić information content (AvgIpc) is 2.94.